The van der Waals surface area contributed by atoms with Crippen LogP contribution in [0.4, 0.5) is 0 Å². The van der Waals surface area contributed by atoms with Crippen LogP contribution in [0.3, 0.4) is 0 Å². The van der Waals surface area contributed by atoms with E-state index >= 15 is 0 Å². The van der Waals surface area contributed by atoms with Crippen molar-refractivity contribution in [1.29, 1.82) is 0 Å². The summed E-state index contributed by atoms with van der Waals surface area (Å²) in [7, 11) is 0. The van der Waals surface area contributed by atoms with E-state index in [1.165, 1.54) is 12.1 Å². The first-order valence-corrected chi connectivity index (χ1v) is 6.33. The van der Waals surface area contributed by atoms with Crippen LogP contribution in [0, 0.1) is 11.8 Å². The molecule has 0 radical (unpaired) electrons. The topological polar surface area (TPSA) is 29.9 Å². The van der Waals surface area contributed by atoms with Gasteiger partial charge in [-0.25, -0.2) is 4.98 Å². The summed E-state index contributed by atoms with van der Waals surface area (Å²) in [4.78, 5) is 4.23. The molecule has 0 saturated carbocycles. The summed E-state index contributed by atoms with van der Waals surface area (Å²) in [6.45, 7) is 12.0. The summed E-state index contributed by atoms with van der Waals surface area (Å²) in [5.74, 6) is 1.42. The maximum Gasteiger partial charge on any atom is 0.0948 e. The Morgan fingerprint density at radius 3 is 2.75 bits per heavy atom. The van der Waals surface area contributed by atoms with Gasteiger partial charge < -0.3 is 9.88 Å². The van der Waals surface area contributed by atoms with Gasteiger partial charge in [0.05, 0.1) is 12.0 Å². The fraction of sp³-hybridized carbons (Fsp3) is 0.769. The molecule has 1 atom stereocenters. The number of hydrogen-bond acceptors (Lipinski definition) is 2. The molecule has 3 nitrogen and oxygen atoms in total. The highest BCUT2D eigenvalue weighted by atomic mass is 15.1. The van der Waals surface area contributed by atoms with Gasteiger partial charge in [-0.1, -0.05) is 34.1 Å². The third-order valence-corrected chi connectivity index (χ3v) is 2.86. The van der Waals surface area contributed by atoms with Gasteiger partial charge in [-0.2, -0.15) is 0 Å². The van der Waals surface area contributed by atoms with Crippen LogP contribution in [0.2, 0.25) is 0 Å². The minimum atomic E-state index is 0.700. The molecule has 0 fully saturated rings. The van der Waals surface area contributed by atoms with Crippen molar-refractivity contribution < 1.29 is 0 Å². The molecule has 0 aliphatic carbocycles. The minimum absolute atomic E-state index is 0.700. The molecule has 1 aromatic heterocycles. The normalized spacial score (nSPS) is 13.3. The number of nitrogens with zero attached hydrogens (tertiary/aromatic N) is 2. The average Bonchev–Trinajstić information content (AvgIpc) is 2.65. The smallest absolute Gasteiger partial charge is 0.0948 e. The molecule has 92 valence electrons. The molecule has 0 saturated heterocycles. The predicted octanol–water partition coefficient (Wildman–Crippen LogP) is 2.67. The molecule has 0 aliphatic heterocycles. The van der Waals surface area contributed by atoms with E-state index in [4.69, 9.17) is 0 Å². The van der Waals surface area contributed by atoms with Crippen molar-refractivity contribution in [3.8, 4) is 0 Å². The fourth-order valence-corrected chi connectivity index (χ4v) is 1.61. The zero-order valence-electron chi connectivity index (χ0n) is 11.0. The lowest BCUT2D eigenvalue weighted by Gasteiger charge is -2.13. The van der Waals surface area contributed by atoms with E-state index in [0.717, 1.165) is 25.6 Å². The quantitative estimate of drug-likeness (QED) is 0.770. The summed E-state index contributed by atoms with van der Waals surface area (Å²) >= 11 is 0. The van der Waals surface area contributed by atoms with Crippen LogP contribution in [-0.2, 0) is 13.1 Å². The Bertz CT molecular complexity index is 291. The van der Waals surface area contributed by atoms with E-state index in [1.807, 2.05) is 12.5 Å². The van der Waals surface area contributed by atoms with Crippen molar-refractivity contribution in [2.45, 2.75) is 47.2 Å². The van der Waals surface area contributed by atoms with Crippen molar-refractivity contribution >= 4 is 0 Å². The van der Waals surface area contributed by atoms with Gasteiger partial charge in [0.25, 0.3) is 0 Å². The molecule has 1 rings (SSSR count). The molecule has 0 spiro atoms. The third-order valence-electron chi connectivity index (χ3n) is 2.86. The van der Waals surface area contributed by atoms with E-state index in [2.05, 4.69) is 42.6 Å². The fourth-order valence-electron chi connectivity index (χ4n) is 1.61. The Morgan fingerprint density at radius 1 is 1.38 bits per heavy atom. The zero-order chi connectivity index (χ0) is 12.0. The van der Waals surface area contributed by atoms with Gasteiger partial charge in [-0.05, 0) is 18.4 Å². The molecular weight excluding hydrogens is 198 g/mol. The third kappa shape index (κ3) is 4.35. The second-order valence-corrected chi connectivity index (χ2v) is 5.08. The van der Waals surface area contributed by atoms with Crippen LogP contribution in [-0.4, -0.2) is 16.1 Å². The number of imidazole rings is 1. The van der Waals surface area contributed by atoms with Gasteiger partial charge in [0.1, 0.15) is 0 Å². The number of nitrogens with one attached hydrogen (secondary N) is 1. The Morgan fingerprint density at radius 2 is 2.12 bits per heavy atom. The van der Waals surface area contributed by atoms with Crippen LogP contribution in [0.5, 0.6) is 0 Å². The van der Waals surface area contributed by atoms with E-state index in [1.54, 1.807) is 0 Å². The maximum atomic E-state index is 4.23. The molecule has 0 amide bonds. The molecule has 0 aromatic carbocycles. The molecule has 1 unspecified atom stereocenters. The Balaban J connectivity index is 2.44. The van der Waals surface area contributed by atoms with Crippen LogP contribution in [0.15, 0.2) is 12.5 Å². The predicted molar refractivity (Wildman–Crippen MR) is 68.2 cm³/mol. The van der Waals surface area contributed by atoms with Gasteiger partial charge in [0.2, 0.25) is 0 Å². The second-order valence-electron chi connectivity index (χ2n) is 5.08. The van der Waals surface area contributed by atoms with Crippen molar-refractivity contribution in [3.63, 3.8) is 0 Å². The zero-order valence-corrected chi connectivity index (χ0v) is 11.0. The van der Waals surface area contributed by atoms with Crippen LogP contribution in [0.1, 0.15) is 39.8 Å². The first-order valence-electron chi connectivity index (χ1n) is 6.33. The lowest BCUT2D eigenvalue weighted by Crippen LogP contribution is -2.21. The van der Waals surface area contributed by atoms with E-state index in [9.17, 15) is 0 Å². The number of rotatable bonds is 7. The lowest BCUT2D eigenvalue weighted by atomic mass is 10.1. The molecule has 1 aromatic rings. The number of aromatic nitrogens is 2. The molecule has 0 bridgehead atoms. The minimum Gasteiger partial charge on any atom is -0.333 e. The van der Waals surface area contributed by atoms with Crippen LogP contribution >= 0.6 is 0 Å². The first kappa shape index (κ1) is 13.2. The lowest BCUT2D eigenvalue weighted by molar-refractivity contribution is 0.451. The molecule has 1 heterocycles. The summed E-state index contributed by atoms with van der Waals surface area (Å²) in [6, 6.07) is 0. The summed E-state index contributed by atoms with van der Waals surface area (Å²) < 4.78 is 2.27. The van der Waals surface area contributed by atoms with Crippen LogP contribution < -0.4 is 5.32 Å². The largest absolute Gasteiger partial charge is 0.333 e. The summed E-state index contributed by atoms with van der Waals surface area (Å²) in [5, 5.41) is 3.46. The van der Waals surface area contributed by atoms with Crippen molar-refractivity contribution in [3.05, 3.63) is 18.2 Å². The molecule has 0 aliphatic rings. The van der Waals surface area contributed by atoms with E-state index < -0.39 is 0 Å². The highest BCUT2D eigenvalue weighted by Gasteiger charge is 2.05. The van der Waals surface area contributed by atoms with Gasteiger partial charge >= 0.3 is 0 Å². The molecule has 1 N–H and O–H groups in total. The van der Waals surface area contributed by atoms with Crippen LogP contribution in [0.25, 0.3) is 0 Å². The van der Waals surface area contributed by atoms with Crippen molar-refractivity contribution in [1.82, 2.24) is 14.9 Å². The Labute approximate surface area is 99.3 Å². The van der Waals surface area contributed by atoms with Gasteiger partial charge in [-0.15, -0.1) is 0 Å². The van der Waals surface area contributed by atoms with Crippen molar-refractivity contribution in [2.75, 3.05) is 6.54 Å². The molecule has 16 heavy (non-hydrogen) atoms. The summed E-state index contributed by atoms with van der Waals surface area (Å²) in [5.41, 5.74) is 1.29. The van der Waals surface area contributed by atoms with Gasteiger partial charge in [0.15, 0.2) is 0 Å². The monoisotopic (exact) mass is 223 g/mol. The maximum absolute atomic E-state index is 4.23. The SMILES string of the molecule is CCC(C)Cn1cncc1CNCC(C)C. The second kappa shape index (κ2) is 6.69. The highest BCUT2D eigenvalue weighted by molar-refractivity contribution is 4.98. The molecule has 3 heteroatoms. The van der Waals surface area contributed by atoms with Gasteiger partial charge in [0, 0.05) is 19.3 Å². The first-order chi connectivity index (χ1) is 7.63. The highest BCUT2D eigenvalue weighted by Crippen LogP contribution is 2.08. The standard InChI is InChI=1S/C13H25N3/c1-5-12(4)9-16-10-15-8-13(16)7-14-6-11(2)3/h8,10-12,14H,5-7,9H2,1-4H3. The van der Waals surface area contributed by atoms with E-state index in [0.29, 0.717) is 5.92 Å². The average molecular weight is 223 g/mol. The van der Waals surface area contributed by atoms with Gasteiger partial charge in [-0.3, -0.25) is 0 Å². The Kier molecular flexibility index (Phi) is 5.53. The van der Waals surface area contributed by atoms with E-state index in [-0.39, 0.29) is 0 Å². The summed E-state index contributed by atoms with van der Waals surface area (Å²) in [6.07, 6.45) is 5.13. The Hall–Kier alpha value is -0.830. The van der Waals surface area contributed by atoms with Crippen molar-refractivity contribution in [2.24, 2.45) is 11.8 Å². The molecular formula is C13H25N3. The number of hydrogen-bond donors (Lipinski definition) is 1.